The first-order valence-corrected chi connectivity index (χ1v) is 9.77. The molecule has 3 rings (SSSR count). The molecule has 0 unspecified atom stereocenters. The topological polar surface area (TPSA) is 24.9 Å². The molecule has 2 aliphatic heterocycles. The van der Waals surface area contributed by atoms with Gasteiger partial charge in [0.1, 0.15) is 0 Å². The Morgan fingerprint density at radius 2 is 1.72 bits per heavy atom. The molecule has 25 heavy (non-hydrogen) atoms. The summed E-state index contributed by atoms with van der Waals surface area (Å²) < 4.78 is 11.5. The molecule has 2 fully saturated rings. The molecule has 0 aliphatic carbocycles. The zero-order valence-corrected chi connectivity index (χ0v) is 16.3. The van der Waals surface area contributed by atoms with Crippen LogP contribution in [0.5, 0.6) is 0 Å². The number of benzene rings is 1. The van der Waals surface area contributed by atoms with Gasteiger partial charge in [-0.05, 0) is 17.0 Å². The van der Waals surface area contributed by atoms with Gasteiger partial charge in [0.05, 0.1) is 25.9 Å². The first kappa shape index (κ1) is 19.1. The highest BCUT2D eigenvalue weighted by Crippen LogP contribution is 2.23. The maximum absolute atomic E-state index is 6.31. The van der Waals surface area contributed by atoms with Crippen LogP contribution in [0.25, 0.3) is 0 Å². The molecule has 1 aromatic carbocycles. The second-order valence-corrected chi connectivity index (χ2v) is 8.48. The fourth-order valence-corrected chi connectivity index (χ4v) is 4.19. The molecule has 4 nitrogen and oxygen atoms in total. The first-order valence-electron chi connectivity index (χ1n) is 9.39. The summed E-state index contributed by atoms with van der Waals surface area (Å²) in [4.78, 5) is 5.09. The van der Waals surface area contributed by atoms with E-state index in [0.717, 1.165) is 70.5 Å². The van der Waals surface area contributed by atoms with Crippen LogP contribution >= 0.6 is 11.6 Å². The van der Waals surface area contributed by atoms with Crippen molar-refractivity contribution in [1.82, 2.24) is 9.80 Å². The average Bonchev–Trinajstić information content (AvgIpc) is 2.57. The van der Waals surface area contributed by atoms with Crippen molar-refractivity contribution in [3.63, 3.8) is 0 Å². The molecule has 2 saturated heterocycles. The number of morpholine rings is 2. The molecule has 0 N–H and O–H groups in total. The summed E-state index contributed by atoms with van der Waals surface area (Å²) >= 11 is 6.31. The monoisotopic (exact) mass is 366 g/mol. The van der Waals surface area contributed by atoms with E-state index < -0.39 is 0 Å². The lowest BCUT2D eigenvalue weighted by molar-refractivity contribution is -0.0439. The molecule has 140 valence electrons. The zero-order chi connectivity index (χ0) is 17.7. The largest absolute Gasteiger partial charge is 0.379 e. The quantitative estimate of drug-likeness (QED) is 0.772. The molecular weight excluding hydrogens is 336 g/mol. The minimum absolute atomic E-state index is 0.229. The zero-order valence-electron chi connectivity index (χ0n) is 15.5. The van der Waals surface area contributed by atoms with E-state index in [1.165, 1.54) is 5.56 Å². The molecule has 2 heterocycles. The van der Waals surface area contributed by atoms with Crippen LogP contribution in [0.1, 0.15) is 19.4 Å². The minimum atomic E-state index is 0.229. The number of rotatable bonds is 6. The second-order valence-electron chi connectivity index (χ2n) is 8.08. The Bertz CT molecular complexity index is 546. The molecular formula is C20H31ClN2O2. The first-order chi connectivity index (χ1) is 12.0. The van der Waals surface area contributed by atoms with Crippen LogP contribution in [0, 0.1) is 5.41 Å². The molecule has 0 saturated carbocycles. The Balaban J connectivity index is 1.51. The number of hydrogen-bond acceptors (Lipinski definition) is 4. The van der Waals surface area contributed by atoms with E-state index in [4.69, 9.17) is 21.1 Å². The highest BCUT2D eigenvalue weighted by atomic mass is 35.5. The molecule has 0 spiro atoms. The number of halogens is 1. The lowest BCUT2D eigenvalue weighted by atomic mass is 9.91. The van der Waals surface area contributed by atoms with Crippen molar-refractivity contribution in [3.8, 4) is 0 Å². The van der Waals surface area contributed by atoms with E-state index in [0.29, 0.717) is 0 Å². The predicted octanol–water partition coefficient (Wildman–Crippen LogP) is 2.94. The number of hydrogen-bond donors (Lipinski definition) is 0. The van der Waals surface area contributed by atoms with Gasteiger partial charge in [0, 0.05) is 50.7 Å². The van der Waals surface area contributed by atoms with Gasteiger partial charge in [-0.15, -0.1) is 0 Å². The third kappa shape index (κ3) is 5.93. The Morgan fingerprint density at radius 3 is 2.48 bits per heavy atom. The van der Waals surface area contributed by atoms with Gasteiger partial charge in [-0.1, -0.05) is 43.6 Å². The van der Waals surface area contributed by atoms with Crippen LogP contribution in [0.4, 0.5) is 0 Å². The summed E-state index contributed by atoms with van der Waals surface area (Å²) in [6.07, 6.45) is 1.12. The van der Waals surface area contributed by atoms with Crippen LogP contribution in [0.2, 0.25) is 5.02 Å². The van der Waals surface area contributed by atoms with E-state index in [9.17, 15) is 0 Å². The van der Waals surface area contributed by atoms with Gasteiger partial charge in [-0.3, -0.25) is 9.80 Å². The lowest BCUT2D eigenvalue weighted by Gasteiger charge is -2.41. The highest BCUT2D eigenvalue weighted by Gasteiger charge is 2.29. The molecule has 2 aliphatic rings. The fourth-order valence-electron chi connectivity index (χ4n) is 3.98. The molecule has 0 radical (unpaired) electrons. The normalized spacial score (nSPS) is 23.7. The van der Waals surface area contributed by atoms with Gasteiger partial charge in [-0.2, -0.15) is 0 Å². The summed E-state index contributed by atoms with van der Waals surface area (Å²) in [5.41, 5.74) is 1.45. The maximum Gasteiger partial charge on any atom is 0.0743 e. The van der Waals surface area contributed by atoms with Crippen LogP contribution in [0.3, 0.4) is 0 Å². The Labute approximate surface area is 157 Å². The van der Waals surface area contributed by atoms with Crippen molar-refractivity contribution in [3.05, 3.63) is 34.9 Å². The fraction of sp³-hybridized carbons (Fsp3) is 0.700. The van der Waals surface area contributed by atoms with Gasteiger partial charge >= 0.3 is 0 Å². The van der Waals surface area contributed by atoms with Gasteiger partial charge in [0.15, 0.2) is 0 Å². The summed E-state index contributed by atoms with van der Waals surface area (Å²) in [6.45, 7) is 13.6. The van der Waals surface area contributed by atoms with Crippen LogP contribution < -0.4 is 0 Å². The average molecular weight is 367 g/mol. The van der Waals surface area contributed by atoms with E-state index in [1.807, 2.05) is 18.2 Å². The van der Waals surface area contributed by atoms with Gasteiger partial charge in [0.25, 0.3) is 0 Å². The minimum Gasteiger partial charge on any atom is -0.379 e. The molecule has 0 aromatic heterocycles. The summed E-state index contributed by atoms with van der Waals surface area (Å²) in [5, 5.41) is 0.843. The summed E-state index contributed by atoms with van der Waals surface area (Å²) in [5.74, 6) is 0. The van der Waals surface area contributed by atoms with E-state index in [1.54, 1.807) is 0 Å². The number of ether oxygens (including phenoxy) is 2. The Kier molecular flexibility index (Phi) is 6.75. The third-order valence-electron chi connectivity index (χ3n) is 5.04. The van der Waals surface area contributed by atoms with E-state index in [-0.39, 0.29) is 11.5 Å². The van der Waals surface area contributed by atoms with Crippen LogP contribution in [-0.2, 0) is 15.9 Å². The SMILES string of the molecule is CC(C)(CN1CCOCC1)CN1CCO[C@H](Cc2ccccc2Cl)C1. The second kappa shape index (κ2) is 8.83. The standard InChI is InChI=1S/C20H31ClN2O2/c1-20(2,15-22-7-10-24-11-8-22)16-23-9-12-25-18(14-23)13-17-5-3-4-6-19(17)21/h3-6,18H,7-16H2,1-2H3/t18-/m1/s1. The van der Waals surface area contributed by atoms with Crippen molar-refractivity contribution >= 4 is 11.6 Å². The van der Waals surface area contributed by atoms with Crippen molar-refractivity contribution in [2.75, 3.05) is 59.1 Å². The maximum atomic E-state index is 6.31. The van der Waals surface area contributed by atoms with Crippen LogP contribution in [0.15, 0.2) is 24.3 Å². The Morgan fingerprint density at radius 1 is 1.04 bits per heavy atom. The molecule has 0 bridgehead atoms. The summed E-state index contributed by atoms with van der Waals surface area (Å²) in [6, 6.07) is 8.09. The van der Waals surface area contributed by atoms with Crippen molar-refractivity contribution in [2.45, 2.75) is 26.4 Å². The van der Waals surface area contributed by atoms with Gasteiger partial charge in [-0.25, -0.2) is 0 Å². The van der Waals surface area contributed by atoms with Crippen LogP contribution in [-0.4, -0.2) is 75.0 Å². The van der Waals surface area contributed by atoms with Crippen molar-refractivity contribution < 1.29 is 9.47 Å². The van der Waals surface area contributed by atoms with E-state index in [2.05, 4.69) is 29.7 Å². The highest BCUT2D eigenvalue weighted by molar-refractivity contribution is 6.31. The third-order valence-corrected chi connectivity index (χ3v) is 5.40. The van der Waals surface area contributed by atoms with Crippen molar-refractivity contribution in [1.29, 1.82) is 0 Å². The Hall–Kier alpha value is -0.650. The smallest absolute Gasteiger partial charge is 0.0743 e. The predicted molar refractivity (Wildman–Crippen MR) is 102 cm³/mol. The molecule has 1 atom stereocenters. The lowest BCUT2D eigenvalue weighted by Crippen LogP contribution is -2.50. The summed E-state index contributed by atoms with van der Waals surface area (Å²) in [7, 11) is 0. The molecule has 5 heteroatoms. The van der Waals surface area contributed by atoms with E-state index >= 15 is 0 Å². The van der Waals surface area contributed by atoms with Gasteiger partial charge < -0.3 is 9.47 Å². The number of nitrogens with zero attached hydrogens (tertiary/aromatic N) is 2. The molecule has 1 aromatic rings. The van der Waals surface area contributed by atoms with Crippen molar-refractivity contribution in [2.24, 2.45) is 5.41 Å². The molecule has 0 amide bonds. The van der Waals surface area contributed by atoms with Gasteiger partial charge in [0.2, 0.25) is 0 Å².